The molecular weight excluding hydrogens is 435 g/mol. The summed E-state index contributed by atoms with van der Waals surface area (Å²) in [6.07, 6.45) is 2.24. The van der Waals surface area contributed by atoms with E-state index in [9.17, 15) is 23.2 Å². The molecule has 0 aliphatic rings. The fourth-order valence-electron chi connectivity index (χ4n) is 3.47. The lowest BCUT2D eigenvalue weighted by Crippen LogP contribution is -2.38. The second-order valence-electron chi connectivity index (χ2n) is 7.48. The van der Waals surface area contributed by atoms with Crippen LogP contribution in [0.3, 0.4) is 0 Å². The summed E-state index contributed by atoms with van der Waals surface area (Å²) >= 11 is 0. The minimum atomic E-state index is -0.788. The molecule has 2 heterocycles. The Morgan fingerprint density at radius 3 is 2.45 bits per heavy atom. The van der Waals surface area contributed by atoms with Crippen LogP contribution in [0.15, 0.2) is 61.1 Å². The summed E-state index contributed by atoms with van der Waals surface area (Å²) in [5.74, 6) is -2.34. The highest BCUT2D eigenvalue weighted by Gasteiger charge is 2.21. The van der Waals surface area contributed by atoms with Crippen molar-refractivity contribution in [3.8, 4) is 22.5 Å². The van der Waals surface area contributed by atoms with Crippen LogP contribution >= 0.6 is 0 Å². The number of benzene rings is 2. The second kappa shape index (κ2) is 8.73. The summed E-state index contributed by atoms with van der Waals surface area (Å²) in [4.78, 5) is 13.0. The highest BCUT2D eigenvalue weighted by Crippen LogP contribution is 2.29. The topological polar surface area (TPSA) is 86.8 Å². The van der Waals surface area contributed by atoms with Crippen molar-refractivity contribution < 1.29 is 22.7 Å². The van der Waals surface area contributed by atoms with Crippen LogP contribution in [-0.4, -0.2) is 20.7 Å². The van der Waals surface area contributed by atoms with E-state index in [0.717, 1.165) is 24.4 Å². The number of amides is 1. The Morgan fingerprint density at radius 2 is 1.79 bits per heavy atom. The first-order valence-electron chi connectivity index (χ1n) is 9.87. The predicted octanol–water partition coefficient (Wildman–Crippen LogP) is 3.69. The van der Waals surface area contributed by atoms with E-state index in [4.69, 9.17) is 0 Å². The SMILES string of the molecule is C[C@@H](NC(=O)c1cc(-c2ccc(F)cc2F)cc(-c2nncn2C)c1)c1ccc(F)c[n+]1[O-]. The van der Waals surface area contributed by atoms with Gasteiger partial charge in [0.25, 0.3) is 5.91 Å². The lowest BCUT2D eigenvalue weighted by molar-refractivity contribution is -0.617. The molecule has 2 aromatic heterocycles. The van der Waals surface area contributed by atoms with E-state index < -0.39 is 29.4 Å². The van der Waals surface area contributed by atoms with Crippen LogP contribution in [-0.2, 0) is 7.05 Å². The van der Waals surface area contributed by atoms with Crippen molar-refractivity contribution >= 4 is 5.91 Å². The number of pyridine rings is 1. The molecular formula is C23H18F3N5O2. The van der Waals surface area contributed by atoms with Gasteiger partial charge >= 0.3 is 0 Å². The number of aryl methyl sites for hydroxylation is 1. The molecule has 0 aliphatic heterocycles. The highest BCUT2D eigenvalue weighted by atomic mass is 19.1. The zero-order valence-corrected chi connectivity index (χ0v) is 17.6. The van der Waals surface area contributed by atoms with E-state index in [2.05, 4.69) is 15.5 Å². The van der Waals surface area contributed by atoms with Crippen molar-refractivity contribution in [3.63, 3.8) is 0 Å². The number of carbonyl (C=O) groups excluding carboxylic acids is 1. The van der Waals surface area contributed by atoms with Crippen molar-refractivity contribution in [1.82, 2.24) is 20.1 Å². The van der Waals surface area contributed by atoms with Crippen molar-refractivity contribution in [2.75, 3.05) is 0 Å². The summed E-state index contributed by atoms with van der Waals surface area (Å²) < 4.78 is 43.1. The summed E-state index contributed by atoms with van der Waals surface area (Å²) in [6, 6.07) is 9.43. The Morgan fingerprint density at radius 1 is 1.06 bits per heavy atom. The van der Waals surface area contributed by atoms with E-state index in [1.165, 1.54) is 24.5 Å². The van der Waals surface area contributed by atoms with Gasteiger partial charge in [0, 0.05) is 35.9 Å². The molecule has 1 amide bonds. The maximum Gasteiger partial charge on any atom is 0.252 e. The number of nitrogens with zero attached hydrogens (tertiary/aromatic N) is 4. The molecule has 4 aromatic rings. The molecule has 168 valence electrons. The van der Waals surface area contributed by atoms with Crippen molar-refractivity contribution in [1.29, 1.82) is 0 Å². The molecule has 2 aromatic carbocycles. The van der Waals surface area contributed by atoms with Crippen molar-refractivity contribution in [3.05, 3.63) is 95.0 Å². The van der Waals surface area contributed by atoms with Crippen molar-refractivity contribution in [2.24, 2.45) is 7.05 Å². The monoisotopic (exact) mass is 453 g/mol. The van der Waals surface area contributed by atoms with Crippen LogP contribution in [0.5, 0.6) is 0 Å². The van der Waals surface area contributed by atoms with Crippen LogP contribution in [0.4, 0.5) is 13.2 Å². The molecule has 0 saturated heterocycles. The van der Waals surface area contributed by atoms with E-state index in [0.29, 0.717) is 21.7 Å². The lowest BCUT2D eigenvalue weighted by Gasteiger charge is -2.15. The third kappa shape index (κ3) is 4.54. The van der Waals surface area contributed by atoms with Gasteiger partial charge in [-0.2, -0.15) is 4.73 Å². The smallest absolute Gasteiger partial charge is 0.252 e. The first-order chi connectivity index (χ1) is 15.7. The van der Waals surface area contributed by atoms with E-state index >= 15 is 0 Å². The summed E-state index contributed by atoms with van der Waals surface area (Å²) in [6.45, 7) is 1.58. The molecule has 33 heavy (non-hydrogen) atoms. The minimum Gasteiger partial charge on any atom is -0.618 e. The molecule has 7 nitrogen and oxygen atoms in total. The zero-order valence-electron chi connectivity index (χ0n) is 17.6. The predicted molar refractivity (Wildman–Crippen MR) is 113 cm³/mol. The number of rotatable bonds is 5. The average molecular weight is 453 g/mol. The Hall–Kier alpha value is -4.21. The molecule has 0 fully saturated rings. The Labute approximate surface area is 186 Å². The van der Waals surface area contributed by atoms with Crippen molar-refractivity contribution in [2.45, 2.75) is 13.0 Å². The van der Waals surface area contributed by atoms with E-state index in [-0.39, 0.29) is 16.8 Å². The molecule has 10 heteroatoms. The van der Waals surface area contributed by atoms with Crippen LogP contribution < -0.4 is 10.0 Å². The first-order valence-corrected chi connectivity index (χ1v) is 9.87. The van der Waals surface area contributed by atoms with Gasteiger partial charge in [0.05, 0.1) is 0 Å². The standard InChI is InChI=1S/C23H18F3N5O2/c1-13(21-6-4-18(25)11-31(21)33)28-23(32)16-8-14(19-5-3-17(24)10-20(19)26)7-15(9-16)22-29-27-12-30(22)2/h3-13H,1-2H3,(H,28,32)/t13-/m1/s1. The Balaban J connectivity index is 1.75. The quantitative estimate of drug-likeness (QED) is 0.369. The molecule has 1 N–H and O–H groups in total. The fourth-order valence-corrected chi connectivity index (χ4v) is 3.47. The molecule has 4 rings (SSSR count). The normalized spacial score (nSPS) is 11.9. The maximum absolute atomic E-state index is 14.5. The van der Waals surface area contributed by atoms with Crippen LogP contribution in [0.2, 0.25) is 0 Å². The van der Waals surface area contributed by atoms with Gasteiger partial charge in [-0.3, -0.25) is 4.79 Å². The minimum absolute atomic E-state index is 0.0958. The second-order valence-corrected chi connectivity index (χ2v) is 7.48. The van der Waals surface area contributed by atoms with E-state index in [1.54, 1.807) is 30.7 Å². The third-order valence-corrected chi connectivity index (χ3v) is 5.11. The van der Waals surface area contributed by atoms with Crippen LogP contribution in [0, 0.1) is 22.7 Å². The van der Waals surface area contributed by atoms with Crippen LogP contribution in [0.1, 0.15) is 29.0 Å². The number of hydrogen-bond acceptors (Lipinski definition) is 4. The molecule has 0 unspecified atom stereocenters. The molecule has 1 atom stereocenters. The Kier molecular flexibility index (Phi) is 5.82. The number of nitrogens with one attached hydrogen (secondary N) is 1. The van der Waals surface area contributed by atoms with Gasteiger partial charge in [-0.25, -0.2) is 13.2 Å². The summed E-state index contributed by atoms with van der Waals surface area (Å²) in [5, 5.41) is 22.5. The summed E-state index contributed by atoms with van der Waals surface area (Å²) in [5.41, 5.74) is 1.19. The number of hydrogen-bond donors (Lipinski definition) is 1. The lowest BCUT2D eigenvalue weighted by atomic mass is 9.98. The van der Waals surface area contributed by atoms with E-state index in [1.807, 2.05) is 0 Å². The van der Waals surface area contributed by atoms with Gasteiger partial charge in [-0.1, -0.05) is 0 Å². The fraction of sp³-hybridized carbons (Fsp3) is 0.130. The number of carbonyl (C=O) groups is 1. The third-order valence-electron chi connectivity index (χ3n) is 5.11. The maximum atomic E-state index is 14.5. The molecule has 0 saturated carbocycles. The Bertz CT molecular complexity index is 1360. The van der Waals surface area contributed by atoms with Gasteiger partial charge in [0.15, 0.2) is 11.6 Å². The van der Waals surface area contributed by atoms with Crippen LogP contribution in [0.25, 0.3) is 22.5 Å². The van der Waals surface area contributed by atoms with Gasteiger partial charge in [0.2, 0.25) is 11.9 Å². The molecule has 0 aliphatic carbocycles. The summed E-state index contributed by atoms with van der Waals surface area (Å²) in [7, 11) is 1.71. The zero-order chi connectivity index (χ0) is 23.7. The van der Waals surface area contributed by atoms with Gasteiger partial charge in [-0.05, 0) is 48.9 Å². The molecule has 0 radical (unpaired) electrons. The number of aromatic nitrogens is 4. The molecule has 0 spiro atoms. The molecule has 0 bridgehead atoms. The number of halogens is 3. The largest absolute Gasteiger partial charge is 0.618 e. The van der Waals surface area contributed by atoms with Gasteiger partial charge in [0.1, 0.15) is 24.0 Å². The first kappa shape index (κ1) is 22.0. The highest BCUT2D eigenvalue weighted by molar-refractivity contribution is 5.97. The van der Waals surface area contributed by atoms with Gasteiger partial charge < -0.3 is 15.1 Å². The van der Waals surface area contributed by atoms with Gasteiger partial charge in [-0.15, -0.1) is 10.2 Å². The average Bonchev–Trinajstić information content (AvgIpc) is 3.19.